The fourth-order valence-corrected chi connectivity index (χ4v) is 2.11. The fraction of sp³-hybridized carbons (Fsp3) is 0.846. The molecule has 1 amide bonds. The van der Waals surface area contributed by atoms with Crippen LogP contribution in [0.4, 0.5) is 0 Å². The third-order valence-corrected chi connectivity index (χ3v) is 4.14. The minimum absolute atomic E-state index is 0.00471. The number of Topliss-reactive ketones (excluding diaryl/α,β-unsaturated/α-hetero) is 1. The molecular weight excluding hydrogens is 232 g/mol. The SMILES string of the molecule is CCC(C)C(C)(CC)C(=O)[C@H](N)CCC(=O)NO. The highest BCUT2D eigenvalue weighted by Gasteiger charge is 2.38. The number of carbonyl (C=O) groups excluding carboxylic acids is 2. The zero-order chi connectivity index (χ0) is 14.3. The third kappa shape index (κ3) is 4.07. The van der Waals surface area contributed by atoms with Crippen LogP contribution in [0.1, 0.15) is 53.4 Å². The van der Waals surface area contributed by atoms with Gasteiger partial charge in [-0.2, -0.15) is 0 Å². The maximum absolute atomic E-state index is 12.4. The van der Waals surface area contributed by atoms with Crippen LogP contribution < -0.4 is 11.2 Å². The molecule has 3 atom stereocenters. The van der Waals surface area contributed by atoms with Gasteiger partial charge in [-0.15, -0.1) is 0 Å². The predicted molar refractivity (Wildman–Crippen MR) is 70.0 cm³/mol. The molecule has 0 aliphatic heterocycles. The van der Waals surface area contributed by atoms with Crippen LogP contribution in [0.15, 0.2) is 0 Å². The molecular formula is C13H26N2O3. The average Bonchev–Trinajstić information content (AvgIpc) is 2.41. The molecule has 0 heterocycles. The van der Waals surface area contributed by atoms with Gasteiger partial charge in [-0.05, 0) is 18.8 Å². The zero-order valence-electron chi connectivity index (χ0n) is 11.8. The first kappa shape index (κ1) is 17.1. The van der Waals surface area contributed by atoms with E-state index in [1.165, 1.54) is 0 Å². The predicted octanol–water partition coefficient (Wildman–Crippen LogP) is 1.63. The van der Waals surface area contributed by atoms with Crippen molar-refractivity contribution in [2.75, 3.05) is 0 Å². The summed E-state index contributed by atoms with van der Waals surface area (Å²) < 4.78 is 0. The van der Waals surface area contributed by atoms with Crippen molar-refractivity contribution in [1.82, 2.24) is 5.48 Å². The summed E-state index contributed by atoms with van der Waals surface area (Å²) in [6.45, 7) is 8.03. The van der Waals surface area contributed by atoms with Gasteiger partial charge in [0.15, 0.2) is 5.78 Å². The first-order valence-corrected chi connectivity index (χ1v) is 6.56. The summed E-state index contributed by atoms with van der Waals surface area (Å²) in [7, 11) is 0. The smallest absolute Gasteiger partial charge is 0.243 e. The van der Waals surface area contributed by atoms with Crippen LogP contribution in [-0.2, 0) is 9.59 Å². The molecule has 0 aliphatic rings. The van der Waals surface area contributed by atoms with E-state index in [0.717, 1.165) is 12.8 Å². The Morgan fingerprint density at radius 3 is 2.33 bits per heavy atom. The van der Waals surface area contributed by atoms with Gasteiger partial charge in [-0.1, -0.05) is 34.1 Å². The highest BCUT2D eigenvalue weighted by Crippen LogP contribution is 2.35. The highest BCUT2D eigenvalue weighted by atomic mass is 16.5. The van der Waals surface area contributed by atoms with Crippen molar-refractivity contribution >= 4 is 11.7 Å². The lowest BCUT2D eigenvalue weighted by Gasteiger charge is -2.35. The van der Waals surface area contributed by atoms with E-state index in [1.54, 1.807) is 5.48 Å². The topological polar surface area (TPSA) is 92.4 Å². The number of carbonyl (C=O) groups is 2. The van der Waals surface area contributed by atoms with E-state index in [-0.39, 0.29) is 24.5 Å². The molecule has 5 nitrogen and oxygen atoms in total. The minimum Gasteiger partial charge on any atom is -0.321 e. The first-order chi connectivity index (χ1) is 8.33. The summed E-state index contributed by atoms with van der Waals surface area (Å²) in [5.41, 5.74) is 6.96. The van der Waals surface area contributed by atoms with Gasteiger partial charge >= 0.3 is 0 Å². The van der Waals surface area contributed by atoms with Crippen molar-refractivity contribution in [3.8, 4) is 0 Å². The standard InChI is InChI=1S/C13H26N2O3/c1-5-9(3)13(4,6-2)12(17)10(14)7-8-11(16)15-18/h9-10,18H,5-8,14H2,1-4H3,(H,15,16)/t9?,10-,13?/m1/s1. The Bertz CT molecular complexity index is 294. The van der Waals surface area contributed by atoms with Crippen molar-refractivity contribution in [2.24, 2.45) is 17.1 Å². The number of nitrogens with two attached hydrogens (primary N) is 1. The monoisotopic (exact) mass is 258 g/mol. The molecule has 4 N–H and O–H groups in total. The van der Waals surface area contributed by atoms with E-state index in [4.69, 9.17) is 10.9 Å². The number of amides is 1. The van der Waals surface area contributed by atoms with E-state index in [1.807, 2.05) is 13.8 Å². The number of ketones is 1. The van der Waals surface area contributed by atoms with E-state index in [2.05, 4.69) is 13.8 Å². The molecule has 0 saturated carbocycles. The minimum atomic E-state index is -0.652. The van der Waals surface area contributed by atoms with Crippen molar-refractivity contribution < 1.29 is 14.8 Å². The highest BCUT2D eigenvalue weighted by molar-refractivity contribution is 5.90. The average molecular weight is 258 g/mol. The Balaban J connectivity index is 4.64. The normalized spacial score (nSPS) is 17.7. The third-order valence-electron chi connectivity index (χ3n) is 4.14. The van der Waals surface area contributed by atoms with Crippen LogP contribution in [0.5, 0.6) is 0 Å². The van der Waals surface area contributed by atoms with E-state index >= 15 is 0 Å². The number of rotatable bonds is 8. The summed E-state index contributed by atoms with van der Waals surface area (Å²) >= 11 is 0. The summed E-state index contributed by atoms with van der Waals surface area (Å²) in [6.07, 6.45) is 1.97. The molecule has 0 rings (SSSR count). The number of hydrogen-bond acceptors (Lipinski definition) is 4. The zero-order valence-corrected chi connectivity index (χ0v) is 11.8. The second kappa shape index (κ2) is 7.48. The molecule has 5 heteroatoms. The van der Waals surface area contributed by atoms with Gasteiger partial charge in [-0.25, -0.2) is 5.48 Å². The lowest BCUT2D eigenvalue weighted by molar-refractivity contribution is -0.133. The molecule has 0 aliphatic carbocycles. The molecule has 0 spiro atoms. The Labute approximate surface area is 109 Å². The second-order valence-corrected chi connectivity index (χ2v) is 5.12. The van der Waals surface area contributed by atoms with Gasteiger partial charge < -0.3 is 5.73 Å². The molecule has 0 radical (unpaired) electrons. The summed E-state index contributed by atoms with van der Waals surface area (Å²) in [5, 5.41) is 8.39. The van der Waals surface area contributed by atoms with Gasteiger partial charge in [0.05, 0.1) is 6.04 Å². The van der Waals surface area contributed by atoms with Crippen LogP contribution in [0.3, 0.4) is 0 Å². The van der Waals surface area contributed by atoms with Gasteiger partial charge in [0, 0.05) is 11.8 Å². The molecule has 106 valence electrons. The number of nitrogens with one attached hydrogen (secondary N) is 1. The van der Waals surface area contributed by atoms with Crippen molar-refractivity contribution in [3.05, 3.63) is 0 Å². The summed E-state index contributed by atoms with van der Waals surface area (Å²) in [6, 6.07) is -0.652. The first-order valence-electron chi connectivity index (χ1n) is 6.56. The maximum Gasteiger partial charge on any atom is 0.243 e. The molecule has 0 aromatic heterocycles. The Kier molecular flexibility index (Phi) is 7.09. The van der Waals surface area contributed by atoms with Crippen molar-refractivity contribution in [3.63, 3.8) is 0 Å². The van der Waals surface area contributed by atoms with Gasteiger partial charge in [0.2, 0.25) is 5.91 Å². The van der Waals surface area contributed by atoms with Crippen molar-refractivity contribution in [1.29, 1.82) is 0 Å². The Hall–Kier alpha value is -0.940. The molecule has 18 heavy (non-hydrogen) atoms. The molecule has 0 fully saturated rings. The molecule has 0 bridgehead atoms. The fourth-order valence-electron chi connectivity index (χ4n) is 2.11. The lowest BCUT2D eigenvalue weighted by Crippen LogP contribution is -2.45. The van der Waals surface area contributed by atoms with Gasteiger partial charge in [0.25, 0.3) is 0 Å². The Morgan fingerprint density at radius 1 is 1.39 bits per heavy atom. The molecule has 0 aromatic rings. The Morgan fingerprint density at radius 2 is 1.94 bits per heavy atom. The van der Waals surface area contributed by atoms with Crippen LogP contribution in [0, 0.1) is 11.3 Å². The van der Waals surface area contributed by atoms with E-state index in [9.17, 15) is 9.59 Å². The van der Waals surface area contributed by atoms with Crippen molar-refractivity contribution in [2.45, 2.75) is 59.4 Å². The summed E-state index contributed by atoms with van der Waals surface area (Å²) in [5.74, 6) is -0.252. The molecule has 0 saturated heterocycles. The van der Waals surface area contributed by atoms with Gasteiger partial charge in [-0.3, -0.25) is 14.8 Å². The van der Waals surface area contributed by atoms with Crippen LogP contribution in [-0.4, -0.2) is 22.9 Å². The summed E-state index contributed by atoms with van der Waals surface area (Å²) in [4.78, 5) is 23.3. The molecule has 0 aromatic carbocycles. The largest absolute Gasteiger partial charge is 0.321 e. The second-order valence-electron chi connectivity index (χ2n) is 5.12. The lowest BCUT2D eigenvalue weighted by atomic mass is 9.69. The quantitative estimate of drug-likeness (QED) is 0.456. The number of hydroxylamine groups is 1. The maximum atomic E-state index is 12.4. The van der Waals surface area contributed by atoms with E-state index in [0.29, 0.717) is 0 Å². The van der Waals surface area contributed by atoms with Gasteiger partial charge in [0.1, 0.15) is 0 Å². The van der Waals surface area contributed by atoms with E-state index < -0.39 is 17.4 Å². The molecule has 2 unspecified atom stereocenters. The van der Waals surface area contributed by atoms with Crippen LogP contribution in [0.25, 0.3) is 0 Å². The number of hydrogen-bond donors (Lipinski definition) is 3. The van der Waals surface area contributed by atoms with Crippen LogP contribution in [0.2, 0.25) is 0 Å². The van der Waals surface area contributed by atoms with Crippen LogP contribution >= 0.6 is 0 Å².